The third-order valence-electron chi connectivity index (χ3n) is 4.72. The lowest BCUT2D eigenvalue weighted by atomic mass is 10.1. The van der Waals surface area contributed by atoms with Gasteiger partial charge >= 0.3 is 0 Å². The van der Waals surface area contributed by atoms with Crippen molar-refractivity contribution in [3.63, 3.8) is 0 Å². The molecule has 1 aliphatic rings. The normalized spacial score (nSPS) is 16.8. The zero-order chi connectivity index (χ0) is 19.3. The van der Waals surface area contributed by atoms with Gasteiger partial charge in [0.1, 0.15) is 5.82 Å². The van der Waals surface area contributed by atoms with E-state index in [4.69, 9.17) is 4.74 Å². The van der Waals surface area contributed by atoms with Crippen molar-refractivity contribution in [1.29, 1.82) is 0 Å². The smallest absolute Gasteiger partial charge is 0.224 e. The number of anilines is 2. The Balaban J connectivity index is 1.53. The first kappa shape index (κ1) is 18.3. The van der Waals surface area contributed by atoms with Crippen molar-refractivity contribution < 1.29 is 13.5 Å². The van der Waals surface area contributed by atoms with Crippen molar-refractivity contribution in [3.8, 4) is 0 Å². The van der Waals surface area contributed by atoms with E-state index in [1.165, 1.54) is 12.1 Å². The number of nitrogens with one attached hydrogen (secondary N) is 1. The van der Waals surface area contributed by atoms with E-state index in [9.17, 15) is 8.78 Å². The van der Waals surface area contributed by atoms with Crippen LogP contribution >= 0.6 is 0 Å². The molecule has 5 nitrogen and oxygen atoms in total. The number of benzene rings is 2. The SMILES string of the molecule is Fc1cccc(CNc2nccc(N3CCOCC3c3ccccc3)n2)c1F. The number of morpholine rings is 1. The predicted octanol–water partition coefficient (Wildman–Crippen LogP) is 3.94. The minimum absolute atomic E-state index is 0.0540. The van der Waals surface area contributed by atoms with Crippen molar-refractivity contribution in [1.82, 2.24) is 9.97 Å². The molecule has 0 bridgehead atoms. The van der Waals surface area contributed by atoms with Gasteiger partial charge in [-0.15, -0.1) is 0 Å². The lowest BCUT2D eigenvalue weighted by Gasteiger charge is -2.36. The van der Waals surface area contributed by atoms with Gasteiger partial charge in [-0.25, -0.2) is 13.8 Å². The van der Waals surface area contributed by atoms with Gasteiger partial charge in [0.2, 0.25) is 5.95 Å². The fourth-order valence-corrected chi connectivity index (χ4v) is 3.28. The second kappa shape index (κ2) is 8.31. The maximum absolute atomic E-state index is 13.8. The van der Waals surface area contributed by atoms with E-state index in [0.717, 1.165) is 17.4 Å². The summed E-state index contributed by atoms with van der Waals surface area (Å²) in [5.74, 6) is -0.606. The number of nitrogens with zero attached hydrogens (tertiary/aromatic N) is 3. The standard InChI is InChI=1S/C21H20F2N4O/c22-17-8-4-7-16(20(17)23)13-25-21-24-10-9-19(26-21)27-11-12-28-14-18(27)15-5-2-1-3-6-15/h1-10,18H,11-14H2,(H,24,25,26). The molecule has 144 valence electrons. The molecule has 1 atom stereocenters. The van der Waals surface area contributed by atoms with Crippen molar-refractivity contribution in [2.75, 3.05) is 30.0 Å². The molecule has 1 aliphatic heterocycles. The molecule has 0 saturated carbocycles. The van der Waals surface area contributed by atoms with E-state index in [0.29, 0.717) is 25.7 Å². The highest BCUT2D eigenvalue weighted by Crippen LogP contribution is 2.28. The Bertz CT molecular complexity index is 939. The Morgan fingerprint density at radius 2 is 1.93 bits per heavy atom. The Labute approximate surface area is 162 Å². The van der Waals surface area contributed by atoms with Gasteiger partial charge in [-0.2, -0.15) is 4.98 Å². The number of hydrogen-bond acceptors (Lipinski definition) is 5. The first-order valence-electron chi connectivity index (χ1n) is 9.11. The summed E-state index contributed by atoms with van der Waals surface area (Å²) in [4.78, 5) is 10.9. The molecule has 4 rings (SSSR count). The van der Waals surface area contributed by atoms with Crippen LogP contribution in [0.15, 0.2) is 60.8 Å². The fraction of sp³-hybridized carbons (Fsp3) is 0.238. The fourth-order valence-electron chi connectivity index (χ4n) is 3.28. The first-order valence-corrected chi connectivity index (χ1v) is 9.11. The molecular formula is C21H20F2N4O. The maximum atomic E-state index is 13.8. The minimum atomic E-state index is -0.868. The van der Waals surface area contributed by atoms with Gasteiger partial charge in [0.25, 0.3) is 0 Å². The molecule has 0 amide bonds. The Kier molecular flexibility index (Phi) is 5.43. The van der Waals surface area contributed by atoms with E-state index >= 15 is 0 Å². The van der Waals surface area contributed by atoms with Crippen LogP contribution in [0.3, 0.4) is 0 Å². The number of rotatable bonds is 5. The monoisotopic (exact) mass is 382 g/mol. The highest BCUT2D eigenvalue weighted by Gasteiger charge is 2.26. The topological polar surface area (TPSA) is 50.3 Å². The summed E-state index contributed by atoms with van der Waals surface area (Å²) < 4.78 is 32.9. The number of hydrogen-bond donors (Lipinski definition) is 1. The van der Waals surface area contributed by atoms with Crippen LogP contribution in [0.1, 0.15) is 17.2 Å². The average molecular weight is 382 g/mol. The summed E-state index contributed by atoms with van der Waals surface area (Å²) in [6.07, 6.45) is 1.66. The molecule has 7 heteroatoms. The molecule has 2 aromatic carbocycles. The van der Waals surface area contributed by atoms with Crippen LogP contribution in [-0.4, -0.2) is 29.7 Å². The first-order chi connectivity index (χ1) is 13.7. The second-order valence-electron chi connectivity index (χ2n) is 6.50. The third kappa shape index (κ3) is 3.94. The third-order valence-corrected chi connectivity index (χ3v) is 4.72. The summed E-state index contributed by atoms with van der Waals surface area (Å²) in [6, 6.07) is 16.1. The zero-order valence-corrected chi connectivity index (χ0v) is 15.2. The van der Waals surface area contributed by atoms with Crippen molar-refractivity contribution >= 4 is 11.8 Å². The predicted molar refractivity (Wildman–Crippen MR) is 103 cm³/mol. The summed E-state index contributed by atoms with van der Waals surface area (Å²) in [7, 11) is 0. The van der Waals surface area contributed by atoms with Crippen LogP contribution < -0.4 is 10.2 Å². The van der Waals surface area contributed by atoms with Gasteiger partial charge in [0.05, 0.1) is 19.3 Å². The van der Waals surface area contributed by atoms with Gasteiger partial charge in [0, 0.05) is 24.8 Å². The molecule has 1 saturated heterocycles. The number of aromatic nitrogens is 2. The lowest BCUT2D eigenvalue weighted by Crippen LogP contribution is -2.40. The van der Waals surface area contributed by atoms with Crippen LogP contribution in [-0.2, 0) is 11.3 Å². The summed E-state index contributed by atoms with van der Waals surface area (Å²) >= 11 is 0. The lowest BCUT2D eigenvalue weighted by molar-refractivity contribution is 0.0937. The summed E-state index contributed by atoms with van der Waals surface area (Å²) in [5, 5.41) is 2.98. The molecule has 0 radical (unpaired) electrons. The van der Waals surface area contributed by atoms with Crippen LogP contribution in [0.5, 0.6) is 0 Å². The highest BCUT2D eigenvalue weighted by molar-refractivity contribution is 5.46. The van der Waals surface area contributed by atoms with Gasteiger partial charge < -0.3 is 15.0 Å². The van der Waals surface area contributed by atoms with Crippen LogP contribution in [0.4, 0.5) is 20.5 Å². The van der Waals surface area contributed by atoms with Crippen molar-refractivity contribution in [3.05, 3.63) is 83.6 Å². The van der Waals surface area contributed by atoms with Gasteiger partial charge in [0.15, 0.2) is 11.6 Å². The van der Waals surface area contributed by atoms with E-state index in [1.807, 2.05) is 24.3 Å². The largest absolute Gasteiger partial charge is 0.377 e. The van der Waals surface area contributed by atoms with Gasteiger partial charge in [-0.1, -0.05) is 42.5 Å². The molecule has 3 aromatic rings. The molecule has 0 aliphatic carbocycles. The summed E-state index contributed by atoms with van der Waals surface area (Å²) in [5.41, 5.74) is 1.37. The van der Waals surface area contributed by atoms with Crippen molar-refractivity contribution in [2.45, 2.75) is 12.6 Å². The minimum Gasteiger partial charge on any atom is -0.377 e. The number of halogens is 2. The Hall–Kier alpha value is -3.06. The van der Waals surface area contributed by atoms with Crippen LogP contribution in [0.2, 0.25) is 0 Å². The zero-order valence-electron chi connectivity index (χ0n) is 15.2. The van der Waals surface area contributed by atoms with E-state index in [1.54, 1.807) is 6.20 Å². The van der Waals surface area contributed by atoms with Crippen LogP contribution in [0, 0.1) is 11.6 Å². The van der Waals surface area contributed by atoms with E-state index in [2.05, 4.69) is 32.3 Å². The highest BCUT2D eigenvalue weighted by atomic mass is 19.2. The molecule has 1 unspecified atom stereocenters. The Morgan fingerprint density at radius 3 is 2.79 bits per heavy atom. The van der Waals surface area contributed by atoms with E-state index < -0.39 is 11.6 Å². The second-order valence-corrected chi connectivity index (χ2v) is 6.50. The average Bonchev–Trinajstić information content (AvgIpc) is 2.76. The molecule has 0 spiro atoms. The Morgan fingerprint density at radius 1 is 1.07 bits per heavy atom. The quantitative estimate of drug-likeness (QED) is 0.724. The molecular weight excluding hydrogens is 362 g/mol. The van der Waals surface area contributed by atoms with E-state index in [-0.39, 0.29) is 18.2 Å². The van der Waals surface area contributed by atoms with Crippen LogP contribution in [0.25, 0.3) is 0 Å². The molecule has 28 heavy (non-hydrogen) atoms. The number of ether oxygens (including phenoxy) is 1. The molecule has 1 fully saturated rings. The molecule has 1 aromatic heterocycles. The van der Waals surface area contributed by atoms with Crippen molar-refractivity contribution in [2.24, 2.45) is 0 Å². The van der Waals surface area contributed by atoms with Gasteiger partial charge in [-0.3, -0.25) is 0 Å². The summed E-state index contributed by atoms with van der Waals surface area (Å²) in [6.45, 7) is 1.99. The maximum Gasteiger partial charge on any atom is 0.224 e. The molecule has 2 heterocycles. The molecule has 1 N–H and O–H groups in total. The van der Waals surface area contributed by atoms with Gasteiger partial charge in [-0.05, 0) is 17.7 Å².